The van der Waals surface area contributed by atoms with Crippen LogP contribution in [0.5, 0.6) is 0 Å². The standard InChI is InChI=1S/C19H21N3O3S/c23-18(16-7-17(25-21-16)14-1-2-14)22-11-19(12-22)8-15(10-26-19)24-9-13-3-5-20-6-4-13/h3-7,14-15H,1-2,8-12H2/t15-/m1/s1. The smallest absolute Gasteiger partial charge is 0.276 e. The van der Waals surface area contributed by atoms with Crippen LogP contribution >= 0.6 is 11.8 Å². The summed E-state index contributed by atoms with van der Waals surface area (Å²) in [6.07, 6.45) is 7.12. The number of amides is 1. The molecule has 3 aliphatic rings. The van der Waals surface area contributed by atoms with Gasteiger partial charge in [-0.25, -0.2) is 0 Å². The fourth-order valence-corrected chi connectivity index (χ4v) is 5.28. The minimum absolute atomic E-state index is 0.00645. The van der Waals surface area contributed by atoms with E-state index in [0.717, 1.165) is 49.4 Å². The molecule has 136 valence electrons. The number of rotatable bonds is 5. The van der Waals surface area contributed by atoms with Crippen LogP contribution < -0.4 is 0 Å². The zero-order valence-electron chi connectivity index (χ0n) is 14.5. The van der Waals surface area contributed by atoms with Crippen molar-refractivity contribution < 1.29 is 14.1 Å². The van der Waals surface area contributed by atoms with Crippen molar-refractivity contribution in [2.24, 2.45) is 0 Å². The van der Waals surface area contributed by atoms with Crippen molar-refractivity contribution >= 4 is 17.7 Å². The molecule has 0 N–H and O–H groups in total. The predicted molar refractivity (Wildman–Crippen MR) is 97.0 cm³/mol. The van der Waals surface area contributed by atoms with E-state index in [2.05, 4.69) is 10.1 Å². The molecule has 26 heavy (non-hydrogen) atoms. The molecule has 1 amide bonds. The Morgan fingerprint density at radius 1 is 1.35 bits per heavy atom. The monoisotopic (exact) mass is 371 g/mol. The van der Waals surface area contributed by atoms with Gasteiger partial charge in [0.05, 0.1) is 17.5 Å². The van der Waals surface area contributed by atoms with Gasteiger partial charge in [0.1, 0.15) is 5.76 Å². The van der Waals surface area contributed by atoms with Crippen molar-refractivity contribution in [1.82, 2.24) is 15.0 Å². The Hall–Kier alpha value is -1.86. The molecule has 1 spiro atoms. The van der Waals surface area contributed by atoms with Crippen molar-refractivity contribution in [1.29, 1.82) is 0 Å². The van der Waals surface area contributed by atoms with Gasteiger partial charge in [-0.2, -0.15) is 0 Å². The third kappa shape index (κ3) is 3.14. The van der Waals surface area contributed by atoms with Gasteiger partial charge < -0.3 is 14.2 Å². The highest BCUT2D eigenvalue weighted by Crippen LogP contribution is 2.46. The van der Waals surface area contributed by atoms with E-state index in [1.807, 2.05) is 34.9 Å². The van der Waals surface area contributed by atoms with E-state index in [0.29, 0.717) is 18.2 Å². The molecule has 2 aliphatic heterocycles. The largest absolute Gasteiger partial charge is 0.373 e. The first-order chi connectivity index (χ1) is 12.7. The number of hydrogen-bond donors (Lipinski definition) is 0. The van der Waals surface area contributed by atoms with Gasteiger partial charge in [-0.1, -0.05) is 5.16 Å². The lowest BCUT2D eigenvalue weighted by molar-refractivity contribution is 0.0251. The molecule has 7 heteroatoms. The van der Waals surface area contributed by atoms with Crippen LogP contribution in [0.15, 0.2) is 35.1 Å². The van der Waals surface area contributed by atoms with Gasteiger partial charge in [0.2, 0.25) is 0 Å². The van der Waals surface area contributed by atoms with Crippen LogP contribution in [0.4, 0.5) is 0 Å². The van der Waals surface area contributed by atoms with E-state index in [9.17, 15) is 4.79 Å². The Morgan fingerprint density at radius 2 is 2.15 bits per heavy atom. The summed E-state index contributed by atoms with van der Waals surface area (Å²) in [4.78, 5) is 18.5. The van der Waals surface area contributed by atoms with Crippen molar-refractivity contribution in [2.45, 2.75) is 42.6 Å². The summed E-state index contributed by atoms with van der Waals surface area (Å²) >= 11 is 1.94. The molecular weight excluding hydrogens is 350 g/mol. The van der Waals surface area contributed by atoms with Crippen LogP contribution in [0.3, 0.4) is 0 Å². The van der Waals surface area contributed by atoms with Crippen LogP contribution in [-0.4, -0.2) is 50.6 Å². The Bertz CT molecular complexity index is 799. The van der Waals surface area contributed by atoms with Crippen molar-refractivity contribution in [3.63, 3.8) is 0 Å². The minimum Gasteiger partial charge on any atom is -0.373 e. The molecule has 3 fully saturated rings. The first kappa shape index (κ1) is 16.3. The summed E-state index contributed by atoms with van der Waals surface area (Å²) < 4.78 is 11.5. The molecule has 0 aromatic carbocycles. The summed E-state index contributed by atoms with van der Waals surface area (Å²) in [5.74, 6) is 2.33. The minimum atomic E-state index is -0.00645. The molecule has 1 saturated carbocycles. The van der Waals surface area contributed by atoms with Gasteiger partial charge in [-0.05, 0) is 37.0 Å². The Kier molecular flexibility index (Phi) is 4.01. The van der Waals surface area contributed by atoms with E-state index in [4.69, 9.17) is 9.26 Å². The van der Waals surface area contributed by atoms with E-state index < -0.39 is 0 Å². The number of pyridine rings is 1. The molecule has 5 rings (SSSR count). The van der Waals surface area contributed by atoms with Gasteiger partial charge in [0, 0.05) is 43.2 Å². The third-order valence-electron chi connectivity index (χ3n) is 5.38. The molecule has 1 atom stereocenters. The summed E-state index contributed by atoms with van der Waals surface area (Å²) in [6, 6.07) is 5.79. The van der Waals surface area contributed by atoms with Gasteiger partial charge >= 0.3 is 0 Å². The van der Waals surface area contributed by atoms with Crippen LogP contribution in [0, 0.1) is 0 Å². The quantitative estimate of drug-likeness (QED) is 0.805. The average Bonchev–Trinajstić information content (AvgIpc) is 3.20. The Morgan fingerprint density at radius 3 is 2.92 bits per heavy atom. The molecule has 0 bridgehead atoms. The molecule has 4 heterocycles. The topological polar surface area (TPSA) is 68.5 Å². The van der Waals surface area contributed by atoms with Gasteiger partial charge in [0.15, 0.2) is 5.69 Å². The molecule has 1 aliphatic carbocycles. The summed E-state index contributed by atoms with van der Waals surface area (Å²) in [7, 11) is 0. The Balaban J connectivity index is 1.13. The van der Waals surface area contributed by atoms with Crippen LogP contribution in [0.2, 0.25) is 0 Å². The fraction of sp³-hybridized carbons (Fsp3) is 0.526. The number of thioether (sulfide) groups is 1. The molecule has 2 aromatic rings. The number of carbonyl (C=O) groups is 1. The van der Waals surface area contributed by atoms with E-state index >= 15 is 0 Å². The lowest BCUT2D eigenvalue weighted by Gasteiger charge is -2.47. The molecule has 0 radical (unpaired) electrons. The van der Waals surface area contributed by atoms with Gasteiger partial charge in [-0.3, -0.25) is 9.78 Å². The van der Waals surface area contributed by atoms with Crippen LogP contribution in [0.25, 0.3) is 0 Å². The molecule has 0 unspecified atom stereocenters. The first-order valence-electron chi connectivity index (χ1n) is 9.11. The molecule has 2 aromatic heterocycles. The number of carbonyl (C=O) groups excluding carboxylic acids is 1. The zero-order chi connectivity index (χ0) is 17.6. The van der Waals surface area contributed by atoms with E-state index in [-0.39, 0.29) is 16.8 Å². The van der Waals surface area contributed by atoms with E-state index in [1.165, 1.54) is 0 Å². The van der Waals surface area contributed by atoms with Crippen molar-refractivity contribution in [2.75, 3.05) is 18.8 Å². The highest BCUT2D eigenvalue weighted by molar-refractivity contribution is 8.01. The fourth-order valence-electron chi connectivity index (χ4n) is 3.73. The van der Waals surface area contributed by atoms with Gasteiger partial charge in [-0.15, -0.1) is 11.8 Å². The second kappa shape index (κ2) is 6.39. The maximum Gasteiger partial charge on any atom is 0.276 e. The van der Waals surface area contributed by atoms with E-state index in [1.54, 1.807) is 12.4 Å². The van der Waals surface area contributed by atoms with Crippen molar-refractivity contribution in [3.8, 4) is 0 Å². The summed E-state index contributed by atoms with van der Waals surface area (Å²) in [5.41, 5.74) is 1.60. The number of nitrogens with zero attached hydrogens (tertiary/aromatic N) is 3. The number of likely N-dealkylation sites (tertiary alicyclic amines) is 1. The lowest BCUT2D eigenvalue weighted by Crippen LogP contribution is -2.60. The molecule has 2 saturated heterocycles. The summed E-state index contributed by atoms with van der Waals surface area (Å²) in [5, 5.41) is 3.97. The molecular formula is C19H21N3O3S. The number of ether oxygens (including phenoxy) is 1. The highest BCUT2D eigenvalue weighted by atomic mass is 32.2. The summed E-state index contributed by atoms with van der Waals surface area (Å²) in [6.45, 7) is 2.17. The molecule has 6 nitrogen and oxygen atoms in total. The lowest BCUT2D eigenvalue weighted by atomic mass is 9.92. The second-order valence-electron chi connectivity index (χ2n) is 7.54. The second-order valence-corrected chi connectivity index (χ2v) is 9.02. The van der Waals surface area contributed by atoms with Crippen LogP contribution in [0.1, 0.15) is 47.0 Å². The zero-order valence-corrected chi connectivity index (χ0v) is 15.3. The number of hydrogen-bond acceptors (Lipinski definition) is 6. The first-order valence-corrected chi connectivity index (χ1v) is 10.1. The third-order valence-corrected chi connectivity index (χ3v) is 6.96. The normalized spacial score (nSPS) is 24.0. The number of aromatic nitrogens is 2. The van der Waals surface area contributed by atoms with Gasteiger partial charge in [0.25, 0.3) is 5.91 Å². The highest BCUT2D eigenvalue weighted by Gasteiger charge is 2.51. The maximum atomic E-state index is 12.6. The maximum absolute atomic E-state index is 12.6. The average molecular weight is 371 g/mol. The van der Waals surface area contributed by atoms with Crippen LogP contribution in [-0.2, 0) is 11.3 Å². The predicted octanol–water partition coefficient (Wildman–Crippen LogP) is 2.86. The Labute approximate surface area is 156 Å². The SMILES string of the molecule is O=C(c1cc(C2CC2)on1)N1CC2(C[C@@H](OCc3ccncc3)CS2)C1. The van der Waals surface area contributed by atoms with Crippen molar-refractivity contribution in [3.05, 3.63) is 47.6 Å².